The van der Waals surface area contributed by atoms with Crippen LogP contribution in [0.1, 0.15) is 45.2 Å². The first-order chi connectivity index (χ1) is 15.8. The molecule has 1 aliphatic carbocycles. The Morgan fingerprint density at radius 1 is 1.18 bits per heavy atom. The Bertz CT molecular complexity index is 1350. The van der Waals surface area contributed by atoms with E-state index in [-0.39, 0.29) is 32.6 Å². The average Bonchev–Trinajstić information content (AvgIpc) is 3.51. The van der Waals surface area contributed by atoms with Crippen molar-refractivity contribution in [3.05, 3.63) is 52.8 Å². The molecule has 3 aromatic rings. The summed E-state index contributed by atoms with van der Waals surface area (Å²) in [7, 11) is -3.95. The summed E-state index contributed by atoms with van der Waals surface area (Å²) in [5.74, 6) is -1.71. The van der Waals surface area contributed by atoms with Gasteiger partial charge in [0.2, 0.25) is 10.0 Å². The molecule has 0 amide bonds. The third kappa shape index (κ3) is 5.08. The van der Waals surface area contributed by atoms with Crippen LogP contribution in [0.5, 0.6) is 0 Å². The first kappa shape index (κ1) is 24.9. The molecule has 1 fully saturated rings. The highest BCUT2D eigenvalue weighted by molar-refractivity contribution is 7.90. The lowest BCUT2D eigenvalue weighted by Gasteiger charge is -2.20. The van der Waals surface area contributed by atoms with Crippen molar-refractivity contribution in [3.8, 4) is 11.3 Å². The minimum Gasteiger partial charge on any atom is -0.347 e. The maximum atomic E-state index is 15.2. The lowest BCUT2D eigenvalue weighted by Crippen LogP contribution is -2.35. The summed E-state index contributed by atoms with van der Waals surface area (Å²) in [6.07, 6.45) is 0.351. The van der Waals surface area contributed by atoms with Crippen LogP contribution in [0.2, 0.25) is 5.02 Å². The fourth-order valence-electron chi connectivity index (χ4n) is 3.92. The third-order valence-electron chi connectivity index (χ3n) is 5.55. The molecular weight excluding hydrogens is 494 g/mol. The number of sulfonamides is 1. The Kier molecular flexibility index (Phi) is 6.46. The van der Waals surface area contributed by atoms with E-state index in [1.165, 1.54) is 18.5 Å². The second-order valence-electron chi connectivity index (χ2n) is 9.78. The van der Waals surface area contributed by atoms with Gasteiger partial charge in [-0.15, -0.1) is 0 Å². The number of aromatic nitrogens is 2. The molecule has 5 nitrogen and oxygen atoms in total. The molecule has 2 heterocycles. The first-order valence-electron chi connectivity index (χ1n) is 10.7. The van der Waals surface area contributed by atoms with Crippen LogP contribution < -0.4 is 4.72 Å². The fourth-order valence-corrected chi connectivity index (χ4v) is 5.60. The Balaban J connectivity index is 1.91. The molecule has 2 aromatic heterocycles. The van der Waals surface area contributed by atoms with Gasteiger partial charge in [-0.25, -0.2) is 30.7 Å². The fraction of sp³-hybridized carbons (Fsp3) is 0.435. The maximum Gasteiger partial charge on any atom is 0.258 e. The number of alkyl halides is 2. The van der Waals surface area contributed by atoms with Gasteiger partial charge in [0, 0.05) is 41.0 Å². The van der Waals surface area contributed by atoms with Crippen LogP contribution in [0.15, 0.2) is 30.6 Å². The molecule has 0 radical (unpaired) electrons. The van der Waals surface area contributed by atoms with Gasteiger partial charge in [0.15, 0.2) is 5.82 Å². The van der Waals surface area contributed by atoms with Crippen molar-refractivity contribution in [1.82, 2.24) is 14.3 Å². The summed E-state index contributed by atoms with van der Waals surface area (Å²) < 4.78 is 86.5. The van der Waals surface area contributed by atoms with E-state index in [2.05, 4.69) is 9.71 Å². The molecule has 0 saturated heterocycles. The Morgan fingerprint density at radius 3 is 2.41 bits per heavy atom. The molecule has 0 bridgehead atoms. The van der Waals surface area contributed by atoms with Gasteiger partial charge in [0.25, 0.3) is 6.43 Å². The number of halogens is 5. The normalized spacial score (nSPS) is 15.9. The number of fused-ring (bicyclic) bond motifs is 1. The molecule has 1 aliphatic rings. The maximum absolute atomic E-state index is 15.2. The molecule has 184 valence electrons. The molecule has 1 unspecified atom stereocenters. The van der Waals surface area contributed by atoms with Crippen LogP contribution in [0.3, 0.4) is 0 Å². The van der Waals surface area contributed by atoms with Gasteiger partial charge < -0.3 is 4.57 Å². The van der Waals surface area contributed by atoms with Crippen molar-refractivity contribution < 1.29 is 26.0 Å². The van der Waals surface area contributed by atoms with E-state index in [1.54, 1.807) is 4.57 Å². The van der Waals surface area contributed by atoms with Gasteiger partial charge in [0.1, 0.15) is 17.6 Å². The minimum absolute atomic E-state index is 0.0452. The SMILES string of the molecule is CC(C)(C)Cn1cc(C(NS(=O)(=O)C2CC2)C(F)F)c2cc(F)c(-c3ncc(Cl)cc3F)cc21. The van der Waals surface area contributed by atoms with E-state index in [9.17, 15) is 21.6 Å². The van der Waals surface area contributed by atoms with Crippen molar-refractivity contribution >= 4 is 32.5 Å². The number of rotatable bonds is 7. The van der Waals surface area contributed by atoms with Gasteiger partial charge >= 0.3 is 0 Å². The highest BCUT2D eigenvalue weighted by atomic mass is 35.5. The highest BCUT2D eigenvalue weighted by Gasteiger charge is 2.40. The van der Waals surface area contributed by atoms with Crippen molar-refractivity contribution in [2.24, 2.45) is 5.41 Å². The summed E-state index contributed by atoms with van der Waals surface area (Å²) in [5.41, 5.74) is -0.417. The monoisotopic (exact) mass is 517 g/mol. The largest absolute Gasteiger partial charge is 0.347 e. The first-order valence-corrected chi connectivity index (χ1v) is 12.6. The lowest BCUT2D eigenvalue weighted by molar-refractivity contribution is 0.109. The lowest BCUT2D eigenvalue weighted by atomic mass is 9.97. The summed E-state index contributed by atoms with van der Waals surface area (Å²) in [6.45, 7) is 6.16. The summed E-state index contributed by atoms with van der Waals surface area (Å²) >= 11 is 5.76. The van der Waals surface area contributed by atoms with Crippen LogP contribution in [0.4, 0.5) is 17.6 Å². The predicted octanol–water partition coefficient (Wildman–Crippen LogP) is 6.07. The van der Waals surface area contributed by atoms with E-state index in [0.29, 0.717) is 24.9 Å². The van der Waals surface area contributed by atoms with Crippen molar-refractivity contribution in [2.75, 3.05) is 0 Å². The second kappa shape index (κ2) is 8.80. The van der Waals surface area contributed by atoms with Crippen LogP contribution in [0, 0.1) is 17.0 Å². The van der Waals surface area contributed by atoms with Gasteiger partial charge in [0.05, 0.1) is 10.3 Å². The zero-order chi connectivity index (χ0) is 25.0. The number of hydrogen-bond donors (Lipinski definition) is 1. The highest BCUT2D eigenvalue weighted by Crippen LogP contribution is 2.38. The van der Waals surface area contributed by atoms with E-state index in [1.807, 2.05) is 20.8 Å². The van der Waals surface area contributed by atoms with Crippen LogP contribution >= 0.6 is 11.6 Å². The van der Waals surface area contributed by atoms with Crippen LogP contribution in [-0.4, -0.2) is 29.6 Å². The molecule has 0 spiro atoms. The van der Waals surface area contributed by atoms with Crippen LogP contribution in [0.25, 0.3) is 22.2 Å². The van der Waals surface area contributed by atoms with E-state index >= 15 is 4.39 Å². The third-order valence-corrected chi connectivity index (χ3v) is 7.69. The molecule has 34 heavy (non-hydrogen) atoms. The quantitative estimate of drug-likeness (QED) is 0.387. The van der Waals surface area contributed by atoms with Gasteiger partial charge in [-0.1, -0.05) is 32.4 Å². The smallest absolute Gasteiger partial charge is 0.258 e. The standard InChI is InChI=1S/C23H24ClF4N3O2S/c1-23(2,3)11-31-10-16(21(22(27)28)30-34(32,33)13-4-5-13)14-7-17(25)15(8-19(14)31)20-18(26)6-12(24)9-29-20/h6-10,13,21-22,30H,4-5,11H2,1-3H3. The van der Waals surface area contributed by atoms with Gasteiger partial charge in [-0.2, -0.15) is 0 Å². The van der Waals surface area contributed by atoms with E-state index in [0.717, 1.165) is 12.1 Å². The zero-order valence-electron chi connectivity index (χ0n) is 18.7. The predicted molar refractivity (Wildman–Crippen MR) is 123 cm³/mol. The molecule has 4 rings (SSSR count). The Morgan fingerprint density at radius 2 is 1.85 bits per heavy atom. The number of hydrogen-bond acceptors (Lipinski definition) is 3. The Hall–Kier alpha value is -2.17. The molecular formula is C23H24ClF4N3O2S. The van der Waals surface area contributed by atoms with Crippen molar-refractivity contribution in [2.45, 2.75) is 57.9 Å². The van der Waals surface area contributed by atoms with E-state index in [4.69, 9.17) is 11.6 Å². The number of nitrogens with zero attached hydrogens (tertiary/aromatic N) is 2. The summed E-state index contributed by atoms with van der Waals surface area (Å²) in [6, 6.07) is 1.52. The number of pyridine rings is 1. The second-order valence-corrected chi connectivity index (χ2v) is 12.2. The molecule has 11 heteroatoms. The molecule has 1 atom stereocenters. The summed E-state index contributed by atoms with van der Waals surface area (Å²) in [4.78, 5) is 3.90. The average molecular weight is 518 g/mol. The number of nitrogens with one attached hydrogen (secondary N) is 1. The summed E-state index contributed by atoms with van der Waals surface area (Å²) in [5, 5.41) is -0.536. The zero-order valence-corrected chi connectivity index (χ0v) is 20.3. The Labute approximate surface area is 200 Å². The minimum atomic E-state index is -3.95. The molecule has 0 aliphatic heterocycles. The van der Waals surface area contributed by atoms with Crippen molar-refractivity contribution in [3.63, 3.8) is 0 Å². The molecule has 1 N–H and O–H groups in total. The van der Waals surface area contributed by atoms with Gasteiger partial charge in [-0.05, 0) is 36.5 Å². The molecule has 1 saturated carbocycles. The number of benzene rings is 1. The van der Waals surface area contributed by atoms with Gasteiger partial charge in [-0.3, -0.25) is 4.98 Å². The van der Waals surface area contributed by atoms with E-state index < -0.39 is 39.4 Å². The van der Waals surface area contributed by atoms with Crippen molar-refractivity contribution in [1.29, 1.82) is 0 Å². The van der Waals surface area contributed by atoms with Crippen LogP contribution in [-0.2, 0) is 16.6 Å². The topological polar surface area (TPSA) is 64.0 Å². The molecule has 1 aromatic carbocycles.